The number of anilines is 1. The quantitative estimate of drug-likeness (QED) is 0.101. The fourth-order valence-electron chi connectivity index (χ4n) is 2.87. The number of aromatic nitrogens is 2. The molecule has 1 saturated heterocycles. The van der Waals surface area contributed by atoms with Crippen LogP contribution < -0.4 is 11.4 Å². The Kier molecular flexibility index (Phi) is 10.3. The fourth-order valence-corrected chi connectivity index (χ4v) is 5.68. The van der Waals surface area contributed by atoms with Gasteiger partial charge in [-0.2, -0.15) is 9.29 Å². The van der Waals surface area contributed by atoms with E-state index in [0.717, 1.165) is 17.7 Å². The molecule has 1 aliphatic rings. The smallest absolute Gasteiger partial charge is 0.393 e. The van der Waals surface area contributed by atoms with Gasteiger partial charge in [-0.1, -0.05) is 0 Å². The number of nitrogen functional groups attached to an aromatic ring is 1. The predicted octanol–water partition coefficient (Wildman–Crippen LogP) is -3.08. The topological polar surface area (TPSA) is 320 Å². The summed E-state index contributed by atoms with van der Waals surface area (Å²) in [4.78, 5) is 52.4. The highest BCUT2D eigenvalue weighted by Gasteiger charge is 2.46. The molecule has 214 valence electrons. The lowest BCUT2D eigenvalue weighted by Crippen LogP contribution is -2.47. The van der Waals surface area contributed by atoms with Gasteiger partial charge in [-0.05, 0) is 13.0 Å². The van der Waals surface area contributed by atoms with Gasteiger partial charge in [-0.15, -0.1) is 0 Å². The van der Waals surface area contributed by atoms with Crippen LogP contribution in [-0.2, 0) is 36.3 Å². The summed E-state index contributed by atoms with van der Waals surface area (Å²) in [6, 6.07) is 1.20. The van der Waals surface area contributed by atoms with E-state index in [1.807, 2.05) is 0 Å². The Bertz CT molecular complexity index is 1140. The molecule has 2 rings (SSSR count). The summed E-state index contributed by atoms with van der Waals surface area (Å²) in [6.07, 6.45) is -7.61. The maximum Gasteiger partial charge on any atom is 0.481 e. The Morgan fingerprint density at radius 3 is 2.30 bits per heavy atom. The van der Waals surface area contributed by atoms with Crippen molar-refractivity contribution in [2.45, 2.75) is 43.2 Å². The minimum atomic E-state index is -5.51. The molecule has 0 saturated carbocycles. The largest absolute Gasteiger partial charge is 0.481 e. The summed E-state index contributed by atoms with van der Waals surface area (Å²) in [5.74, 6) is -0.133. The van der Waals surface area contributed by atoms with E-state index in [4.69, 9.17) is 20.3 Å². The van der Waals surface area contributed by atoms with E-state index in [1.54, 1.807) is 0 Å². The molecule has 20 nitrogen and oxygen atoms in total. The summed E-state index contributed by atoms with van der Waals surface area (Å²) in [6.45, 7) is -2.66. The second-order valence-electron chi connectivity index (χ2n) is 7.77. The third-order valence-electron chi connectivity index (χ3n) is 4.81. The second-order valence-corrected chi connectivity index (χ2v) is 12.0. The molecule has 0 spiro atoms. The minimum absolute atomic E-state index is 0.133. The number of hydrogen-bond donors (Lipinski definition) is 9. The number of nitrogens with two attached hydrogens (primary N) is 1. The van der Waals surface area contributed by atoms with Crippen molar-refractivity contribution in [2.75, 3.05) is 25.6 Å². The van der Waals surface area contributed by atoms with E-state index < -0.39 is 85.2 Å². The van der Waals surface area contributed by atoms with Gasteiger partial charge < -0.3 is 50.5 Å². The van der Waals surface area contributed by atoms with E-state index in [-0.39, 0.29) is 5.82 Å². The van der Waals surface area contributed by atoms with Crippen LogP contribution in [0.4, 0.5) is 5.82 Å². The van der Waals surface area contributed by atoms with Crippen LogP contribution in [0.5, 0.6) is 0 Å². The summed E-state index contributed by atoms with van der Waals surface area (Å²) in [5, 5.41) is 39.4. The molecular weight excluding hydrogens is 575 g/mol. The molecular formula is C14H26N3O17P3. The van der Waals surface area contributed by atoms with Gasteiger partial charge in [0, 0.05) is 6.20 Å². The minimum Gasteiger partial charge on any atom is -0.393 e. The molecule has 0 aliphatic carbocycles. The van der Waals surface area contributed by atoms with E-state index >= 15 is 0 Å². The van der Waals surface area contributed by atoms with Crippen LogP contribution in [0.1, 0.15) is 13.2 Å². The van der Waals surface area contributed by atoms with E-state index in [9.17, 15) is 48.7 Å². The zero-order valence-corrected chi connectivity index (χ0v) is 21.4. The van der Waals surface area contributed by atoms with Crippen molar-refractivity contribution in [2.24, 2.45) is 0 Å². The van der Waals surface area contributed by atoms with Crippen molar-refractivity contribution in [3.05, 3.63) is 22.7 Å². The van der Waals surface area contributed by atoms with Crippen LogP contribution >= 0.6 is 23.5 Å². The van der Waals surface area contributed by atoms with Crippen LogP contribution in [0.25, 0.3) is 0 Å². The molecule has 10 N–H and O–H groups in total. The second kappa shape index (κ2) is 11.9. The first-order valence-corrected chi connectivity index (χ1v) is 14.4. The molecule has 0 amide bonds. The summed E-state index contributed by atoms with van der Waals surface area (Å²) in [5.41, 5.74) is 2.04. The van der Waals surface area contributed by atoms with Crippen molar-refractivity contribution in [3.8, 4) is 0 Å². The highest BCUT2D eigenvalue weighted by Crippen LogP contribution is 2.60. The normalized spacial score (nSPS) is 28.2. The number of hydrogen-bond acceptors (Lipinski definition) is 15. The Hall–Kier alpha value is -1.15. The molecule has 37 heavy (non-hydrogen) atoms. The number of rotatable bonds is 13. The average Bonchev–Trinajstić information content (AvgIpc) is 3.02. The average molecular weight is 601 g/mol. The van der Waals surface area contributed by atoms with Gasteiger partial charge in [0.2, 0.25) is 0 Å². The summed E-state index contributed by atoms with van der Waals surface area (Å²) < 4.78 is 58.2. The van der Waals surface area contributed by atoms with Crippen molar-refractivity contribution in [1.82, 2.24) is 9.55 Å². The standard InChI is InChI=1S/C14H26N3O17P3/c1-14(6-18,33-35(23,24)25)8(19)5-31-37(28,29)34-36(26,27)30-4-7-10(20)11(21)12(32-7)17-3-2-9(15)16-13(17)22/h2-3,7-8,10-12,18-21H,4-6H2,1H3,(H,26,27)(H,28,29)(H2,15,16,22)(H2,23,24,25)/t7-,8-,10-,11-,12-,14+/m1/s1. The lowest BCUT2D eigenvalue weighted by Gasteiger charge is -2.32. The number of aliphatic hydroxyl groups is 4. The monoisotopic (exact) mass is 601 g/mol. The van der Waals surface area contributed by atoms with E-state index in [0.29, 0.717) is 0 Å². The Labute approximate surface area is 207 Å². The van der Waals surface area contributed by atoms with Gasteiger partial charge in [0.15, 0.2) is 6.23 Å². The molecule has 8 atom stereocenters. The molecule has 2 heterocycles. The number of phosphoric ester groups is 3. The summed E-state index contributed by atoms with van der Waals surface area (Å²) >= 11 is 0. The molecule has 0 bridgehead atoms. The fraction of sp³-hybridized carbons (Fsp3) is 0.714. The molecule has 0 aromatic carbocycles. The third kappa shape index (κ3) is 8.94. The number of phosphoric acid groups is 3. The molecule has 1 aromatic heterocycles. The van der Waals surface area contributed by atoms with E-state index in [2.05, 4.69) is 22.9 Å². The zero-order valence-electron chi connectivity index (χ0n) is 18.7. The Balaban J connectivity index is 1.97. The first-order valence-electron chi connectivity index (χ1n) is 9.87. The van der Waals surface area contributed by atoms with Crippen molar-refractivity contribution < 1.29 is 76.3 Å². The van der Waals surface area contributed by atoms with Crippen LogP contribution in [-0.4, -0.2) is 99.4 Å². The molecule has 1 fully saturated rings. The van der Waals surface area contributed by atoms with E-state index in [1.165, 1.54) is 6.07 Å². The molecule has 2 unspecified atom stereocenters. The first-order chi connectivity index (χ1) is 16.8. The van der Waals surface area contributed by atoms with Crippen LogP contribution in [0.15, 0.2) is 17.1 Å². The molecule has 1 aromatic rings. The Morgan fingerprint density at radius 2 is 1.76 bits per heavy atom. The van der Waals surface area contributed by atoms with Gasteiger partial charge in [0.05, 0.1) is 19.8 Å². The molecule has 0 radical (unpaired) electrons. The van der Waals surface area contributed by atoms with Gasteiger partial charge in [0.25, 0.3) is 0 Å². The van der Waals surface area contributed by atoms with Crippen molar-refractivity contribution >= 4 is 29.3 Å². The highest BCUT2D eigenvalue weighted by atomic mass is 31.3. The number of nitrogens with zero attached hydrogens (tertiary/aromatic N) is 2. The Morgan fingerprint density at radius 1 is 1.16 bits per heavy atom. The number of ether oxygens (including phenoxy) is 1. The lowest BCUT2D eigenvalue weighted by molar-refractivity contribution is -0.101. The maximum atomic E-state index is 12.1. The van der Waals surface area contributed by atoms with Crippen molar-refractivity contribution in [1.29, 1.82) is 0 Å². The van der Waals surface area contributed by atoms with Gasteiger partial charge in [0.1, 0.15) is 35.8 Å². The maximum absolute atomic E-state index is 12.1. The van der Waals surface area contributed by atoms with Gasteiger partial charge >= 0.3 is 29.2 Å². The van der Waals surface area contributed by atoms with Crippen LogP contribution in [0.2, 0.25) is 0 Å². The van der Waals surface area contributed by atoms with Crippen LogP contribution in [0.3, 0.4) is 0 Å². The highest BCUT2D eigenvalue weighted by molar-refractivity contribution is 7.61. The molecule has 23 heteroatoms. The lowest BCUT2D eigenvalue weighted by atomic mass is 10.0. The van der Waals surface area contributed by atoms with Crippen LogP contribution in [0, 0.1) is 0 Å². The predicted molar refractivity (Wildman–Crippen MR) is 116 cm³/mol. The molecule has 1 aliphatic heterocycles. The van der Waals surface area contributed by atoms with Crippen molar-refractivity contribution in [3.63, 3.8) is 0 Å². The SMILES string of the molecule is C[C@@](CO)(OP(=O)(O)O)[C@H](O)COP(=O)(O)OP(=O)(O)OC[C@H]1O[C@@H](n2ccc(N)nc2=O)[C@H](O)[C@@H]1O. The number of aliphatic hydroxyl groups excluding tert-OH is 4. The van der Waals surface area contributed by atoms with Gasteiger partial charge in [-0.25, -0.2) is 18.5 Å². The third-order valence-corrected chi connectivity index (χ3v) is 8.07. The summed E-state index contributed by atoms with van der Waals surface area (Å²) in [7, 11) is -16.2. The van der Waals surface area contributed by atoms with Gasteiger partial charge in [-0.3, -0.25) is 18.1 Å². The first kappa shape index (κ1) is 32.1. The zero-order chi connectivity index (χ0) is 28.4.